The highest BCUT2D eigenvalue weighted by atomic mass is 32.2. The molecular formula is C12H18N2O2S. The fourth-order valence-electron chi connectivity index (χ4n) is 2.12. The van der Waals surface area contributed by atoms with Crippen LogP contribution in [0.15, 0.2) is 30.3 Å². The highest BCUT2D eigenvalue weighted by molar-refractivity contribution is 7.88. The van der Waals surface area contributed by atoms with Crippen molar-refractivity contribution in [2.75, 3.05) is 20.1 Å². The average Bonchev–Trinajstić information content (AvgIpc) is 2.63. The Kier molecular flexibility index (Phi) is 3.81. The van der Waals surface area contributed by atoms with Crippen LogP contribution in [0, 0.1) is 0 Å². The predicted octanol–water partition coefficient (Wildman–Crippen LogP) is 0.810. The summed E-state index contributed by atoms with van der Waals surface area (Å²) in [7, 11) is -1.21. The SMILES string of the molecule is CN1CCC(NS(=O)(=O)Cc2ccccc2)C1. The number of likely N-dealkylation sites (tertiary alicyclic amines) is 1. The van der Waals surface area contributed by atoms with Crippen molar-refractivity contribution < 1.29 is 8.42 Å². The second kappa shape index (κ2) is 5.16. The summed E-state index contributed by atoms with van der Waals surface area (Å²) in [5.74, 6) is 0.0635. The van der Waals surface area contributed by atoms with Crippen molar-refractivity contribution in [1.82, 2.24) is 9.62 Å². The zero-order valence-electron chi connectivity index (χ0n) is 9.96. The number of hydrogen-bond donors (Lipinski definition) is 1. The van der Waals surface area contributed by atoms with Crippen molar-refractivity contribution in [2.45, 2.75) is 18.2 Å². The molecule has 5 heteroatoms. The second-order valence-corrected chi connectivity index (χ2v) is 6.36. The Hall–Kier alpha value is -0.910. The molecule has 0 bridgehead atoms. The van der Waals surface area contributed by atoms with Crippen LogP contribution >= 0.6 is 0 Å². The van der Waals surface area contributed by atoms with E-state index in [1.54, 1.807) is 0 Å². The fraction of sp³-hybridized carbons (Fsp3) is 0.500. The first-order valence-electron chi connectivity index (χ1n) is 5.78. The molecule has 1 saturated heterocycles. The van der Waals surface area contributed by atoms with Gasteiger partial charge in [-0.2, -0.15) is 0 Å². The Bertz CT molecular complexity index is 459. The molecule has 2 rings (SSSR count). The van der Waals surface area contributed by atoms with Crippen molar-refractivity contribution in [3.8, 4) is 0 Å². The molecule has 1 aliphatic heterocycles. The summed E-state index contributed by atoms with van der Waals surface area (Å²) in [5.41, 5.74) is 0.825. The summed E-state index contributed by atoms with van der Waals surface area (Å²) in [6.45, 7) is 1.76. The van der Waals surface area contributed by atoms with Crippen molar-refractivity contribution in [3.05, 3.63) is 35.9 Å². The lowest BCUT2D eigenvalue weighted by atomic mass is 10.2. The third kappa shape index (κ3) is 3.80. The minimum atomic E-state index is -3.22. The van der Waals surface area contributed by atoms with Crippen molar-refractivity contribution in [3.63, 3.8) is 0 Å². The molecule has 1 aliphatic rings. The molecular weight excluding hydrogens is 236 g/mol. The normalized spacial score (nSPS) is 21.8. The Morgan fingerprint density at radius 3 is 2.65 bits per heavy atom. The van der Waals surface area contributed by atoms with Crippen LogP contribution in [0.2, 0.25) is 0 Å². The summed E-state index contributed by atoms with van der Waals surface area (Å²) < 4.78 is 26.6. The molecule has 1 fully saturated rings. The second-order valence-electron chi connectivity index (χ2n) is 4.61. The first kappa shape index (κ1) is 12.5. The summed E-state index contributed by atoms with van der Waals surface area (Å²) in [6.07, 6.45) is 0.893. The monoisotopic (exact) mass is 254 g/mol. The van der Waals surface area contributed by atoms with E-state index in [2.05, 4.69) is 9.62 Å². The molecule has 1 aromatic rings. The zero-order valence-corrected chi connectivity index (χ0v) is 10.8. The molecule has 94 valence electrons. The summed E-state index contributed by atoms with van der Waals surface area (Å²) in [4.78, 5) is 2.13. The van der Waals surface area contributed by atoms with Crippen molar-refractivity contribution >= 4 is 10.0 Å². The van der Waals surface area contributed by atoms with E-state index in [4.69, 9.17) is 0 Å². The Labute approximate surface area is 103 Å². The van der Waals surface area contributed by atoms with Crippen LogP contribution in [0.1, 0.15) is 12.0 Å². The van der Waals surface area contributed by atoms with Crippen molar-refractivity contribution in [2.24, 2.45) is 0 Å². The number of likely N-dealkylation sites (N-methyl/N-ethyl adjacent to an activating group) is 1. The third-order valence-electron chi connectivity index (χ3n) is 2.94. The summed E-state index contributed by atoms with van der Waals surface area (Å²) in [6, 6.07) is 9.33. The fourth-order valence-corrected chi connectivity index (χ4v) is 3.54. The molecule has 1 atom stereocenters. The van der Waals surface area contributed by atoms with E-state index in [1.165, 1.54) is 0 Å². The van der Waals surface area contributed by atoms with Crippen LogP contribution in [0.5, 0.6) is 0 Å². The summed E-state index contributed by atoms with van der Waals surface area (Å²) in [5, 5.41) is 0. The number of nitrogens with one attached hydrogen (secondary N) is 1. The quantitative estimate of drug-likeness (QED) is 0.865. The smallest absolute Gasteiger partial charge is 0.216 e. The lowest BCUT2D eigenvalue weighted by molar-refractivity contribution is 0.407. The first-order chi connectivity index (χ1) is 8.05. The van der Waals surface area contributed by atoms with Gasteiger partial charge in [-0.15, -0.1) is 0 Å². The molecule has 1 aromatic carbocycles. The average molecular weight is 254 g/mol. The van der Waals surface area contributed by atoms with Gasteiger partial charge in [-0.25, -0.2) is 13.1 Å². The molecule has 0 saturated carbocycles. The van der Waals surface area contributed by atoms with Crippen molar-refractivity contribution in [1.29, 1.82) is 0 Å². The minimum Gasteiger partial charge on any atom is -0.305 e. The standard InChI is InChI=1S/C12H18N2O2S/c1-14-8-7-12(9-14)13-17(15,16)10-11-5-3-2-4-6-11/h2-6,12-13H,7-10H2,1H3. The lowest BCUT2D eigenvalue weighted by Crippen LogP contribution is -2.37. The molecule has 0 radical (unpaired) electrons. The number of rotatable bonds is 4. The van der Waals surface area contributed by atoms with Gasteiger partial charge in [-0.3, -0.25) is 0 Å². The maximum absolute atomic E-state index is 11.9. The van der Waals surface area contributed by atoms with Crippen LogP contribution in [0.3, 0.4) is 0 Å². The van der Waals surface area contributed by atoms with Gasteiger partial charge in [0.1, 0.15) is 0 Å². The Morgan fingerprint density at radius 1 is 1.35 bits per heavy atom. The van der Waals surface area contributed by atoms with E-state index in [-0.39, 0.29) is 11.8 Å². The maximum Gasteiger partial charge on any atom is 0.216 e. The molecule has 4 nitrogen and oxygen atoms in total. The van der Waals surface area contributed by atoms with Crippen LogP contribution in [-0.4, -0.2) is 39.5 Å². The van der Waals surface area contributed by atoms with E-state index in [0.717, 1.165) is 25.1 Å². The van der Waals surface area contributed by atoms with E-state index in [9.17, 15) is 8.42 Å². The van der Waals surface area contributed by atoms with Gasteiger partial charge in [0.15, 0.2) is 0 Å². The largest absolute Gasteiger partial charge is 0.305 e. The van der Waals surface area contributed by atoms with Gasteiger partial charge in [0, 0.05) is 12.6 Å². The highest BCUT2D eigenvalue weighted by Crippen LogP contribution is 2.10. The van der Waals surface area contributed by atoms with E-state index < -0.39 is 10.0 Å². The zero-order chi connectivity index (χ0) is 12.3. The third-order valence-corrected chi connectivity index (χ3v) is 4.34. The highest BCUT2D eigenvalue weighted by Gasteiger charge is 2.24. The lowest BCUT2D eigenvalue weighted by Gasteiger charge is -2.13. The Morgan fingerprint density at radius 2 is 2.06 bits per heavy atom. The Balaban J connectivity index is 1.95. The van der Waals surface area contributed by atoms with Gasteiger partial charge in [-0.05, 0) is 25.6 Å². The molecule has 0 aromatic heterocycles. The van der Waals surface area contributed by atoms with Gasteiger partial charge >= 0.3 is 0 Å². The van der Waals surface area contributed by atoms with E-state index >= 15 is 0 Å². The predicted molar refractivity (Wildman–Crippen MR) is 68.1 cm³/mol. The van der Waals surface area contributed by atoms with Gasteiger partial charge in [0.2, 0.25) is 10.0 Å². The maximum atomic E-state index is 11.9. The van der Waals surface area contributed by atoms with Crippen LogP contribution in [0.25, 0.3) is 0 Å². The molecule has 0 spiro atoms. The molecule has 0 amide bonds. The number of benzene rings is 1. The topological polar surface area (TPSA) is 49.4 Å². The minimum absolute atomic E-state index is 0.0635. The van der Waals surface area contributed by atoms with E-state index in [1.807, 2.05) is 37.4 Å². The number of nitrogens with zero attached hydrogens (tertiary/aromatic N) is 1. The summed E-state index contributed by atoms with van der Waals surface area (Å²) >= 11 is 0. The molecule has 17 heavy (non-hydrogen) atoms. The van der Waals surface area contributed by atoms with Crippen LogP contribution < -0.4 is 4.72 Å². The molecule has 1 unspecified atom stereocenters. The van der Waals surface area contributed by atoms with Gasteiger partial charge < -0.3 is 4.90 Å². The first-order valence-corrected chi connectivity index (χ1v) is 7.43. The van der Waals surface area contributed by atoms with Gasteiger partial charge in [0.25, 0.3) is 0 Å². The van der Waals surface area contributed by atoms with Crippen LogP contribution in [-0.2, 0) is 15.8 Å². The van der Waals surface area contributed by atoms with Crippen LogP contribution in [0.4, 0.5) is 0 Å². The van der Waals surface area contributed by atoms with Gasteiger partial charge in [0.05, 0.1) is 5.75 Å². The molecule has 1 N–H and O–H groups in total. The molecule has 0 aliphatic carbocycles. The number of hydrogen-bond acceptors (Lipinski definition) is 3. The molecule has 1 heterocycles. The van der Waals surface area contributed by atoms with E-state index in [0.29, 0.717) is 0 Å². The van der Waals surface area contributed by atoms with Gasteiger partial charge in [-0.1, -0.05) is 30.3 Å². The number of sulfonamides is 1.